The van der Waals surface area contributed by atoms with Crippen molar-refractivity contribution in [2.45, 2.75) is 6.42 Å². The second kappa shape index (κ2) is 6.23. The van der Waals surface area contributed by atoms with E-state index in [2.05, 4.69) is 5.32 Å². The summed E-state index contributed by atoms with van der Waals surface area (Å²) in [6.45, 7) is 0.163. The van der Waals surface area contributed by atoms with Gasteiger partial charge in [0.2, 0.25) is 0 Å². The van der Waals surface area contributed by atoms with E-state index >= 15 is 0 Å². The van der Waals surface area contributed by atoms with Gasteiger partial charge < -0.3 is 5.32 Å². The van der Waals surface area contributed by atoms with Crippen LogP contribution in [0.25, 0.3) is 0 Å². The first-order chi connectivity index (χ1) is 9.58. The first-order valence-electron chi connectivity index (χ1n) is 6.04. The van der Waals surface area contributed by atoms with E-state index in [-0.39, 0.29) is 12.4 Å². The average Bonchev–Trinajstić information content (AvgIpc) is 2.38. The zero-order chi connectivity index (χ0) is 14.5. The second-order valence-electron chi connectivity index (χ2n) is 4.23. The SMILES string of the molecule is O=C(NCCc1cccc(F)c1)c1c(F)cccc1F. The molecule has 0 atom stereocenters. The topological polar surface area (TPSA) is 29.1 Å². The van der Waals surface area contributed by atoms with Gasteiger partial charge >= 0.3 is 0 Å². The van der Waals surface area contributed by atoms with Crippen molar-refractivity contribution < 1.29 is 18.0 Å². The highest BCUT2D eigenvalue weighted by Crippen LogP contribution is 2.11. The normalized spacial score (nSPS) is 10.3. The molecule has 2 aromatic rings. The standard InChI is InChI=1S/C15H12F3NO/c16-11-4-1-3-10(9-11)7-8-19-15(20)14-12(17)5-2-6-13(14)18/h1-6,9H,7-8H2,(H,19,20). The van der Waals surface area contributed by atoms with E-state index in [0.29, 0.717) is 12.0 Å². The number of halogens is 3. The molecule has 1 amide bonds. The second-order valence-corrected chi connectivity index (χ2v) is 4.23. The van der Waals surface area contributed by atoms with Crippen LogP contribution < -0.4 is 5.32 Å². The molecule has 104 valence electrons. The molecule has 0 heterocycles. The Balaban J connectivity index is 1.96. The Bertz CT molecular complexity index is 608. The fraction of sp³-hybridized carbons (Fsp3) is 0.133. The minimum Gasteiger partial charge on any atom is -0.352 e. The van der Waals surface area contributed by atoms with Crippen LogP contribution in [0.2, 0.25) is 0 Å². The fourth-order valence-corrected chi connectivity index (χ4v) is 1.82. The van der Waals surface area contributed by atoms with Gasteiger partial charge in [-0.25, -0.2) is 13.2 Å². The number of carbonyl (C=O) groups excluding carboxylic acids is 1. The summed E-state index contributed by atoms with van der Waals surface area (Å²) in [7, 11) is 0. The summed E-state index contributed by atoms with van der Waals surface area (Å²) >= 11 is 0. The lowest BCUT2D eigenvalue weighted by Gasteiger charge is -2.07. The molecule has 0 spiro atoms. The van der Waals surface area contributed by atoms with Crippen LogP contribution in [0.15, 0.2) is 42.5 Å². The third-order valence-corrected chi connectivity index (χ3v) is 2.78. The monoisotopic (exact) mass is 279 g/mol. The zero-order valence-corrected chi connectivity index (χ0v) is 10.5. The first-order valence-corrected chi connectivity index (χ1v) is 6.04. The Morgan fingerprint density at radius 2 is 1.65 bits per heavy atom. The molecule has 1 N–H and O–H groups in total. The van der Waals surface area contributed by atoms with Crippen LogP contribution in [0, 0.1) is 17.5 Å². The molecule has 0 aliphatic heterocycles. The molecule has 0 fully saturated rings. The predicted octanol–water partition coefficient (Wildman–Crippen LogP) is 3.08. The van der Waals surface area contributed by atoms with Crippen LogP contribution >= 0.6 is 0 Å². The lowest BCUT2D eigenvalue weighted by Crippen LogP contribution is -2.27. The number of benzene rings is 2. The summed E-state index contributed by atoms with van der Waals surface area (Å²) < 4.78 is 39.6. The van der Waals surface area contributed by atoms with Crippen LogP contribution in [0.5, 0.6) is 0 Å². The highest BCUT2D eigenvalue weighted by Gasteiger charge is 2.16. The minimum atomic E-state index is -0.909. The fourth-order valence-electron chi connectivity index (χ4n) is 1.82. The van der Waals surface area contributed by atoms with Gasteiger partial charge in [-0.2, -0.15) is 0 Å². The van der Waals surface area contributed by atoms with Crippen LogP contribution in [-0.2, 0) is 6.42 Å². The van der Waals surface area contributed by atoms with Gasteiger partial charge in [0.05, 0.1) is 0 Å². The van der Waals surface area contributed by atoms with E-state index in [1.165, 1.54) is 18.2 Å². The van der Waals surface area contributed by atoms with E-state index in [1.54, 1.807) is 12.1 Å². The molecule has 2 nitrogen and oxygen atoms in total. The van der Waals surface area contributed by atoms with Gasteiger partial charge in [0, 0.05) is 6.54 Å². The van der Waals surface area contributed by atoms with Crippen LogP contribution in [0.4, 0.5) is 13.2 Å². The molecule has 0 saturated heterocycles. The molecule has 0 unspecified atom stereocenters. The van der Waals surface area contributed by atoms with Crippen molar-refractivity contribution in [3.63, 3.8) is 0 Å². The van der Waals surface area contributed by atoms with Crippen LogP contribution in [0.3, 0.4) is 0 Å². The van der Waals surface area contributed by atoms with Crippen molar-refractivity contribution in [3.05, 3.63) is 71.0 Å². The molecule has 2 aromatic carbocycles. The van der Waals surface area contributed by atoms with Crippen molar-refractivity contribution in [1.82, 2.24) is 5.32 Å². The smallest absolute Gasteiger partial charge is 0.257 e. The Morgan fingerprint density at radius 3 is 2.30 bits per heavy atom. The van der Waals surface area contributed by atoms with E-state index in [0.717, 1.165) is 12.1 Å². The summed E-state index contributed by atoms with van der Waals surface area (Å²) in [6.07, 6.45) is 0.375. The van der Waals surface area contributed by atoms with Gasteiger partial charge in [-0.1, -0.05) is 18.2 Å². The molecule has 0 bridgehead atoms. The predicted molar refractivity (Wildman–Crippen MR) is 68.8 cm³/mol. The van der Waals surface area contributed by atoms with Crippen LogP contribution in [0.1, 0.15) is 15.9 Å². The molecule has 20 heavy (non-hydrogen) atoms. The summed E-state index contributed by atoms with van der Waals surface area (Å²) in [5, 5.41) is 2.41. The Morgan fingerprint density at radius 1 is 1.00 bits per heavy atom. The van der Waals surface area contributed by atoms with Crippen LogP contribution in [-0.4, -0.2) is 12.5 Å². The lowest BCUT2D eigenvalue weighted by molar-refractivity contribution is 0.0945. The molecule has 0 aliphatic carbocycles. The van der Waals surface area contributed by atoms with Gasteiger partial charge in [0.15, 0.2) is 0 Å². The molecular weight excluding hydrogens is 267 g/mol. The third-order valence-electron chi connectivity index (χ3n) is 2.78. The maximum Gasteiger partial charge on any atom is 0.257 e. The molecule has 5 heteroatoms. The molecule has 2 rings (SSSR count). The quantitative estimate of drug-likeness (QED) is 0.915. The molecule has 0 saturated carbocycles. The Kier molecular flexibility index (Phi) is 4.40. The summed E-state index contributed by atoms with van der Waals surface area (Å²) in [6, 6.07) is 9.15. The largest absolute Gasteiger partial charge is 0.352 e. The van der Waals surface area contributed by atoms with E-state index in [9.17, 15) is 18.0 Å². The Labute approximate surface area is 114 Å². The van der Waals surface area contributed by atoms with Gasteiger partial charge in [-0.15, -0.1) is 0 Å². The number of nitrogens with one attached hydrogen (secondary N) is 1. The molecule has 0 aliphatic rings. The van der Waals surface area contributed by atoms with E-state index < -0.39 is 23.1 Å². The van der Waals surface area contributed by atoms with E-state index in [4.69, 9.17) is 0 Å². The summed E-state index contributed by atoms with van der Waals surface area (Å²) in [5.41, 5.74) is 0.0889. The average molecular weight is 279 g/mol. The molecule has 0 aromatic heterocycles. The maximum absolute atomic E-state index is 13.4. The Hall–Kier alpha value is -2.30. The lowest BCUT2D eigenvalue weighted by atomic mass is 10.1. The number of rotatable bonds is 4. The van der Waals surface area contributed by atoms with Crippen molar-refractivity contribution in [3.8, 4) is 0 Å². The number of hydrogen-bond donors (Lipinski definition) is 1. The van der Waals surface area contributed by atoms with Crippen molar-refractivity contribution in [2.75, 3.05) is 6.54 Å². The maximum atomic E-state index is 13.4. The minimum absolute atomic E-state index is 0.163. The summed E-state index contributed by atoms with van der Waals surface area (Å²) in [4.78, 5) is 11.7. The zero-order valence-electron chi connectivity index (χ0n) is 10.5. The number of amides is 1. The van der Waals surface area contributed by atoms with Crippen molar-refractivity contribution >= 4 is 5.91 Å². The van der Waals surface area contributed by atoms with Gasteiger partial charge in [0.1, 0.15) is 23.0 Å². The van der Waals surface area contributed by atoms with Gasteiger partial charge in [-0.3, -0.25) is 4.79 Å². The van der Waals surface area contributed by atoms with Crippen molar-refractivity contribution in [2.24, 2.45) is 0 Å². The first kappa shape index (κ1) is 14.1. The number of carbonyl (C=O) groups is 1. The highest BCUT2D eigenvalue weighted by atomic mass is 19.1. The highest BCUT2D eigenvalue weighted by molar-refractivity contribution is 5.94. The van der Waals surface area contributed by atoms with Gasteiger partial charge in [-0.05, 0) is 36.2 Å². The molecular formula is C15H12F3NO. The molecule has 0 radical (unpaired) electrons. The van der Waals surface area contributed by atoms with E-state index in [1.807, 2.05) is 0 Å². The summed E-state index contributed by atoms with van der Waals surface area (Å²) in [5.74, 6) is -3.01. The van der Waals surface area contributed by atoms with Gasteiger partial charge in [0.25, 0.3) is 5.91 Å². The number of hydrogen-bond acceptors (Lipinski definition) is 1. The van der Waals surface area contributed by atoms with Crippen molar-refractivity contribution in [1.29, 1.82) is 0 Å². The third kappa shape index (κ3) is 3.38.